The number of anilines is 3. The van der Waals surface area contributed by atoms with E-state index in [1.807, 2.05) is 12.1 Å². The highest BCUT2D eigenvalue weighted by Crippen LogP contribution is 2.45. The van der Waals surface area contributed by atoms with Gasteiger partial charge in [-0.2, -0.15) is 0 Å². The number of hydrogen-bond acceptors (Lipinski definition) is 2. The molecule has 2 nitrogen and oxygen atoms in total. The molecule has 0 saturated heterocycles. The van der Waals surface area contributed by atoms with E-state index in [4.69, 9.17) is 4.42 Å². The Bertz CT molecular complexity index is 2520. The summed E-state index contributed by atoms with van der Waals surface area (Å²) in [7, 11) is 0. The van der Waals surface area contributed by atoms with Crippen LogP contribution in [0, 0.1) is 0 Å². The highest BCUT2D eigenvalue weighted by Gasteiger charge is 2.21. The maximum absolute atomic E-state index is 6.49. The molecule has 8 aromatic carbocycles. The SMILES string of the molecule is c1ccc(-c2ccccc2N(c2ccc(-c3cccc4ccccc34)cc2)c2cccc3c2ccc2c4ccccc4oc32)cc1. The minimum absolute atomic E-state index is 0.908. The molecule has 0 unspecified atom stereocenters. The van der Waals surface area contributed by atoms with Crippen LogP contribution in [0.15, 0.2) is 180 Å². The minimum Gasteiger partial charge on any atom is -0.455 e. The second-order valence-corrected chi connectivity index (χ2v) is 11.7. The van der Waals surface area contributed by atoms with E-state index < -0.39 is 0 Å². The van der Waals surface area contributed by atoms with Crippen LogP contribution in [0.1, 0.15) is 0 Å². The molecule has 0 aliphatic carbocycles. The first-order chi connectivity index (χ1) is 22.8. The molecule has 9 aromatic rings. The van der Waals surface area contributed by atoms with Gasteiger partial charge in [-0.05, 0) is 63.9 Å². The first-order valence-corrected chi connectivity index (χ1v) is 15.7. The van der Waals surface area contributed by atoms with Crippen LogP contribution in [0.5, 0.6) is 0 Å². The molecule has 0 aliphatic rings. The van der Waals surface area contributed by atoms with E-state index in [-0.39, 0.29) is 0 Å². The molecule has 0 amide bonds. The summed E-state index contributed by atoms with van der Waals surface area (Å²) < 4.78 is 6.49. The monoisotopic (exact) mass is 587 g/mol. The number of benzene rings is 8. The molecule has 0 fully saturated rings. The maximum atomic E-state index is 6.49. The van der Waals surface area contributed by atoms with Gasteiger partial charge in [-0.1, -0.05) is 140 Å². The summed E-state index contributed by atoms with van der Waals surface area (Å²) in [5, 5.41) is 7.01. The van der Waals surface area contributed by atoms with E-state index >= 15 is 0 Å². The molecular weight excluding hydrogens is 558 g/mol. The van der Waals surface area contributed by atoms with E-state index in [1.54, 1.807) is 0 Å². The Labute approximate surface area is 267 Å². The molecule has 0 saturated carbocycles. The molecule has 0 spiro atoms. The van der Waals surface area contributed by atoms with Crippen molar-refractivity contribution in [2.24, 2.45) is 0 Å². The standard InChI is InChI=1S/C44H29NO/c1-2-12-31(13-3-1)36-17-6-8-21-41(36)45(33-26-24-32(25-27-33)35-19-10-15-30-14-4-5-16-34(30)35)42-22-11-20-39-37(42)28-29-40-38-18-7-9-23-43(38)46-44(39)40/h1-29H. The summed E-state index contributed by atoms with van der Waals surface area (Å²) >= 11 is 0. The Hall–Kier alpha value is -6.12. The first kappa shape index (κ1) is 26.3. The van der Waals surface area contributed by atoms with Crippen molar-refractivity contribution in [1.29, 1.82) is 0 Å². The lowest BCUT2D eigenvalue weighted by atomic mass is 9.97. The molecule has 2 heteroatoms. The van der Waals surface area contributed by atoms with Crippen molar-refractivity contribution in [3.8, 4) is 22.3 Å². The van der Waals surface area contributed by atoms with Gasteiger partial charge in [0.1, 0.15) is 11.2 Å². The van der Waals surface area contributed by atoms with E-state index in [1.165, 1.54) is 33.0 Å². The average molecular weight is 588 g/mol. The Kier molecular flexibility index (Phi) is 6.17. The predicted octanol–water partition coefficient (Wildman–Crippen LogP) is 12.7. The number of hydrogen-bond donors (Lipinski definition) is 0. The van der Waals surface area contributed by atoms with Crippen LogP contribution in [0.4, 0.5) is 17.1 Å². The van der Waals surface area contributed by atoms with Crippen molar-refractivity contribution in [2.75, 3.05) is 4.90 Å². The summed E-state index contributed by atoms with van der Waals surface area (Å²) in [5.74, 6) is 0. The zero-order valence-corrected chi connectivity index (χ0v) is 25.1. The summed E-state index contributed by atoms with van der Waals surface area (Å²) in [6.45, 7) is 0. The third-order valence-corrected chi connectivity index (χ3v) is 9.08. The normalized spacial score (nSPS) is 11.5. The second kappa shape index (κ2) is 10.8. The molecule has 216 valence electrons. The molecule has 0 bridgehead atoms. The van der Waals surface area contributed by atoms with Crippen LogP contribution in [0.25, 0.3) is 65.7 Å². The first-order valence-electron chi connectivity index (χ1n) is 15.7. The summed E-state index contributed by atoms with van der Waals surface area (Å²) in [5.41, 5.74) is 9.90. The van der Waals surface area contributed by atoms with Gasteiger partial charge >= 0.3 is 0 Å². The third kappa shape index (κ3) is 4.27. The fraction of sp³-hybridized carbons (Fsp3) is 0. The molecule has 46 heavy (non-hydrogen) atoms. The molecule has 0 atom stereocenters. The van der Waals surface area contributed by atoms with Crippen molar-refractivity contribution in [1.82, 2.24) is 0 Å². The summed E-state index contributed by atoms with van der Waals surface area (Å²) in [6.07, 6.45) is 0. The lowest BCUT2D eigenvalue weighted by Gasteiger charge is -2.29. The van der Waals surface area contributed by atoms with Crippen molar-refractivity contribution in [3.05, 3.63) is 176 Å². The molecule has 1 heterocycles. The Morgan fingerprint density at radius 1 is 0.348 bits per heavy atom. The van der Waals surface area contributed by atoms with E-state index in [2.05, 4.69) is 169 Å². The van der Waals surface area contributed by atoms with Gasteiger partial charge in [0.25, 0.3) is 0 Å². The van der Waals surface area contributed by atoms with Gasteiger partial charge in [0.2, 0.25) is 0 Å². The van der Waals surface area contributed by atoms with E-state index in [0.717, 1.165) is 49.8 Å². The summed E-state index contributed by atoms with van der Waals surface area (Å²) in [4.78, 5) is 2.39. The fourth-order valence-electron chi connectivity index (χ4n) is 6.92. The molecule has 0 N–H and O–H groups in total. The average Bonchev–Trinajstić information content (AvgIpc) is 3.52. The van der Waals surface area contributed by atoms with E-state index in [9.17, 15) is 0 Å². The molecule has 1 aromatic heterocycles. The van der Waals surface area contributed by atoms with Crippen LogP contribution in [0.2, 0.25) is 0 Å². The third-order valence-electron chi connectivity index (χ3n) is 9.08. The van der Waals surface area contributed by atoms with Crippen LogP contribution >= 0.6 is 0 Å². The van der Waals surface area contributed by atoms with Gasteiger partial charge in [0.15, 0.2) is 0 Å². The highest BCUT2D eigenvalue weighted by atomic mass is 16.3. The Balaban J connectivity index is 1.27. The zero-order chi connectivity index (χ0) is 30.5. The van der Waals surface area contributed by atoms with Crippen molar-refractivity contribution in [3.63, 3.8) is 0 Å². The van der Waals surface area contributed by atoms with Gasteiger partial charge < -0.3 is 9.32 Å². The van der Waals surface area contributed by atoms with Gasteiger partial charge in [0.05, 0.1) is 11.4 Å². The van der Waals surface area contributed by atoms with Gasteiger partial charge in [-0.15, -0.1) is 0 Å². The number of fused-ring (bicyclic) bond motifs is 6. The maximum Gasteiger partial charge on any atom is 0.143 e. The lowest BCUT2D eigenvalue weighted by Crippen LogP contribution is -2.11. The van der Waals surface area contributed by atoms with Crippen LogP contribution in [-0.4, -0.2) is 0 Å². The van der Waals surface area contributed by atoms with Crippen molar-refractivity contribution < 1.29 is 4.42 Å². The van der Waals surface area contributed by atoms with Crippen LogP contribution in [0.3, 0.4) is 0 Å². The number of furan rings is 1. The zero-order valence-electron chi connectivity index (χ0n) is 25.1. The topological polar surface area (TPSA) is 16.4 Å². The fourth-order valence-corrected chi connectivity index (χ4v) is 6.92. The minimum atomic E-state index is 0.908. The molecule has 0 aliphatic heterocycles. The van der Waals surface area contributed by atoms with Gasteiger partial charge in [-0.3, -0.25) is 0 Å². The predicted molar refractivity (Wildman–Crippen MR) is 194 cm³/mol. The molecule has 0 radical (unpaired) electrons. The van der Waals surface area contributed by atoms with Crippen molar-refractivity contribution in [2.45, 2.75) is 0 Å². The van der Waals surface area contributed by atoms with Crippen LogP contribution < -0.4 is 4.90 Å². The largest absolute Gasteiger partial charge is 0.455 e. The lowest BCUT2D eigenvalue weighted by molar-refractivity contribution is 0.672. The second-order valence-electron chi connectivity index (χ2n) is 11.7. The number of para-hydroxylation sites is 2. The smallest absolute Gasteiger partial charge is 0.143 e. The summed E-state index contributed by atoms with van der Waals surface area (Å²) in [6, 6.07) is 62.7. The van der Waals surface area contributed by atoms with E-state index in [0.29, 0.717) is 0 Å². The van der Waals surface area contributed by atoms with Gasteiger partial charge in [0, 0.05) is 32.8 Å². The molecule has 9 rings (SSSR count). The number of rotatable bonds is 5. The van der Waals surface area contributed by atoms with Crippen LogP contribution in [-0.2, 0) is 0 Å². The quantitative estimate of drug-likeness (QED) is 0.199. The Morgan fingerprint density at radius 2 is 0.935 bits per heavy atom. The van der Waals surface area contributed by atoms with Crippen molar-refractivity contribution >= 4 is 60.5 Å². The molecular formula is C44H29NO. The Morgan fingerprint density at radius 3 is 1.83 bits per heavy atom. The highest BCUT2D eigenvalue weighted by molar-refractivity contribution is 6.18. The number of nitrogens with zero attached hydrogens (tertiary/aromatic N) is 1. The van der Waals surface area contributed by atoms with Gasteiger partial charge in [-0.25, -0.2) is 0 Å².